The van der Waals surface area contributed by atoms with Gasteiger partial charge in [0.15, 0.2) is 9.84 Å². The third-order valence-electron chi connectivity index (χ3n) is 2.57. The Hall–Kier alpha value is -0.620. The molecule has 1 atom stereocenters. The van der Waals surface area contributed by atoms with E-state index in [0.717, 1.165) is 0 Å². The van der Waals surface area contributed by atoms with Crippen LogP contribution in [0.25, 0.3) is 0 Å². The Morgan fingerprint density at radius 1 is 1.64 bits per heavy atom. The van der Waals surface area contributed by atoms with Gasteiger partial charge in [0.25, 0.3) is 0 Å². The molecule has 1 saturated heterocycles. The van der Waals surface area contributed by atoms with Crippen LogP contribution in [-0.2, 0) is 15.4 Å². The Morgan fingerprint density at radius 2 is 2.36 bits per heavy atom. The molecule has 1 aromatic rings. The molecule has 0 aliphatic carbocycles. The Morgan fingerprint density at radius 3 is 2.79 bits per heavy atom. The predicted molar refractivity (Wildman–Crippen MR) is 52.0 cm³/mol. The van der Waals surface area contributed by atoms with Gasteiger partial charge in [0.2, 0.25) is 5.28 Å². The minimum atomic E-state index is -2.93. The summed E-state index contributed by atoms with van der Waals surface area (Å²) in [6.07, 6.45) is 2.04. The molecule has 1 aliphatic heterocycles. The lowest BCUT2D eigenvalue weighted by Gasteiger charge is -2.23. The number of sulfone groups is 1. The van der Waals surface area contributed by atoms with Crippen molar-refractivity contribution >= 4 is 21.4 Å². The third kappa shape index (κ3) is 1.52. The summed E-state index contributed by atoms with van der Waals surface area (Å²) in [5.41, 5.74) is -0.487. The van der Waals surface area contributed by atoms with Gasteiger partial charge >= 0.3 is 0 Å². The van der Waals surface area contributed by atoms with Crippen molar-refractivity contribution in [3.8, 4) is 0 Å². The van der Waals surface area contributed by atoms with Crippen LogP contribution >= 0.6 is 11.6 Å². The van der Waals surface area contributed by atoms with E-state index in [2.05, 4.69) is 10.2 Å². The second kappa shape index (κ2) is 2.93. The first-order valence-electron chi connectivity index (χ1n) is 4.19. The molecular formula is C7H10ClN3O2S. The first kappa shape index (κ1) is 9.92. The fourth-order valence-electron chi connectivity index (χ4n) is 1.77. The molecule has 0 saturated carbocycles. The van der Waals surface area contributed by atoms with E-state index >= 15 is 0 Å². The monoisotopic (exact) mass is 235 g/mol. The molecular weight excluding hydrogens is 226 g/mol. The van der Waals surface area contributed by atoms with Gasteiger partial charge in [0, 0.05) is 0 Å². The fourth-order valence-corrected chi connectivity index (χ4v) is 4.18. The second-order valence-electron chi connectivity index (χ2n) is 3.81. The molecule has 14 heavy (non-hydrogen) atoms. The molecule has 78 valence electrons. The average molecular weight is 236 g/mol. The van der Waals surface area contributed by atoms with E-state index in [-0.39, 0.29) is 16.8 Å². The molecule has 2 rings (SSSR count). The Labute approximate surface area is 87.0 Å². The number of nitrogens with zero attached hydrogens (tertiary/aromatic N) is 3. The molecule has 5 nitrogen and oxygen atoms in total. The predicted octanol–water partition coefficient (Wildman–Crippen LogP) is 0.465. The van der Waals surface area contributed by atoms with Crippen LogP contribution in [-0.4, -0.2) is 34.7 Å². The van der Waals surface area contributed by atoms with Gasteiger partial charge in [-0.15, -0.1) is 10.2 Å². The first-order chi connectivity index (χ1) is 6.43. The van der Waals surface area contributed by atoms with Crippen molar-refractivity contribution in [3.05, 3.63) is 11.6 Å². The minimum absolute atomic E-state index is 0.109. The second-order valence-corrected chi connectivity index (χ2v) is 6.33. The molecule has 1 fully saturated rings. The maximum atomic E-state index is 11.4. The lowest BCUT2D eigenvalue weighted by Crippen LogP contribution is -2.30. The quantitative estimate of drug-likeness (QED) is 0.710. The van der Waals surface area contributed by atoms with Crippen LogP contribution in [0.15, 0.2) is 6.33 Å². The van der Waals surface area contributed by atoms with Gasteiger partial charge in [-0.05, 0) is 24.9 Å². The highest BCUT2D eigenvalue weighted by atomic mass is 35.5. The summed E-state index contributed by atoms with van der Waals surface area (Å²) in [6.45, 7) is 1.85. The van der Waals surface area contributed by atoms with Crippen molar-refractivity contribution in [2.45, 2.75) is 18.9 Å². The molecule has 7 heteroatoms. The van der Waals surface area contributed by atoms with Crippen LogP contribution in [0.1, 0.15) is 13.3 Å². The summed E-state index contributed by atoms with van der Waals surface area (Å²) in [5.74, 6) is 0.315. The van der Waals surface area contributed by atoms with Crippen LogP contribution in [0.3, 0.4) is 0 Å². The van der Waals surface area contributed by atoms with Crippen molar-refractivity contribution in [1.29, 1.82) is 0 Å². The molecule has 1 unspecified atom stereocenters. The zero-order valence-electron chi connectivity index (χ0n) is 7.64. The molecule has 0 spiro atoms. The highest BCUT2D eigenvalue weighted by Crippen LogP contribution is 2.32. The maximum Gasteiger partial charge on any atom is 0.225 e. The molecule has 0 radical (unpaired) electrons. The number of hydrogen-bond acceptors (Lipinski definition) is 4. The largest absolute Gasteiger partial charge is 0.297 e. The van der Waals surface area contributed by atoms with Crippen molar-refractivity contribution < 1.29 is 8.42 Å². The summed E-state index contributed by atoms with van der Waals surface area (Å²) in [4.78, 5) is 0. The van der Waals surface area contributed by atoms with Crippen molar-refractivity contribution in [2.24, 2.45) is 0 Å². The molecule has 1 aliphatic rings. The minimum Gasteiger partial charge on any atom is -0.297 e. The highest BCUT2D eigenvalue weighted by Gasteiger charge is 2.40. The van der Waals surface area contributed by atoms with Gasteiger partial charge in [-0.3, -0.25) is 4.57 Å². The molecule has 2 heterocycles. The normalized spacial score (nSPS) is 30.7. The van der Waals surface area contributed by atoms with Crippen LogP contribution in [0.4, 0.5) is 0 Å². The summed E-state index contributed by atoms with van der Waals surface area (Å²) in [5, 5.41) is 7.52. The van der Waals surface area contributed by atoms with Crippen LogP contribution < -0.4 is 0 Å². The standard InChI is InChI=1S/C7H10ClN3O2S/c1-7(2-3-14(12,13)4-7)11-5-9-10-6(11)8/h5H,2-4H2,1H3. The van der Waals surface area contributed by atoms with Gasteiger partial charge in [-0.25, -0.2) is 8.42 Å². The maximum absolute atomic E-state index is 11.4. The fraction of sp³-hybridized carbons (Fsp3) is 0.714. The molecule has 0 N–H and O–H groups in total. The molecule has 0 aromatic carbocycles. The lowest BCUT2D eigenvalue weighted by molar-refractivity contribution is 0.364. The molecule has 0 amide bonds. The van der Waals surface area contributed by atoms with Gasteiger partial charge in [-0.1, -0.05) is 0 Å². The number of aromatic nitrogens is 3. The van der Waals surface area contributed by atoms with E-state index in [9.17, 15) is 8.42 Å². The van der Waals surface area contributed by atoms with Crippen LogP contribution in [0, 0.1) is 0 Å². The van der Waals surface area contributed by atoms with E-state index in [4.69, 9.17) is 11.6 Å². The average Bonchev–Trinajstić information content (AvgIpc) is 2.57. The summed E-state index contributed by atoms with van der Waals surface area (Å²) in [7, 11) is -2.93. The lowest BCUT2D eigenvalue weighted by atomic mass is 10.0. The number of hydrogen-bond donors (Lipinski definition) is 0. The van der Waals surface area contributed by atoms with Gasteiger partial charge in [-0.2, -0.15) is 0 Å². The Kier molecular flexibility index (Phi) is 2.08. The van der Waals surface area contributed by atoms with E-state index < -0.39 is 15.4 Å². The van der Waals surface area contributed by atoms with Gasteiger partial charge in [0.05, 0.1) is 17.0 Å². The molecule has 0 bridgehead atoms. The number of rotatable bonds is 1. The molecule has 1 aromatic heterocycles. The summed E-state index contributed by atoms with van der Waals surface area (Å²) < 4.78 is 24.3. The van der Waals surface area contributed by atoms with Crippen molar-refractivity contribution in [2.75, 3.05) is 11.5 Å². The topological polar surface area (TPSA) is 64.8 Å². The van der Waals surface area contributed by atoms with Crippen molar-refractivity contribution in [1.82, 2.24) is 14.8 Å². The van der Waals surface area contributed by atoms with Gasteiger partial charge < -0.3 is 0 Å². The highest BCUT2D eigenvalue weighted by molar-refractivity contribution is 7.91. The van der Waals surface area contributed by atoms with Crippen molar-refractivity contribution in [3.63, 3.8) is 0 Å². The summed E-state index contributed by atoms with van der Waals surface area (Å²) >= 11 is 5.80. The Balaban J connectivity index is 2.41. The number of halogens is 1. The smallest absolute Gasteiger partial charge is 0.225 e. The van der Waals surface area contributed by atoms with Gasteiger partial charge in [0.1, 0.15) is 6.33 Å². The third-order valence-corrected chi connectivity index (χ3v) is 4.72. The van der Waals surface area contributed by atoms with Crippen LogP contribution in [0.5, 0.6) is 0 Å². The Bertz CT molecular complexity index is 455. The van der Waals surface area contributed by atoms with E-state index in [1.807, 2.05) is 6.92 Å². The van der Waals surface area contributed by atoms with Crippen LogP contribution in [0.2, 0.25) is 5.28 Å². The van der Waals surface area contributed by atoms with E-state index in [0.29, 0.717) is 6.42 Å². The van der Waals surface area contributed by atoms with E-state index in [1.165, 1.54) is 6.33 Å². The zero-order valence-corrected chi connectivity index (χ0v) is 9.22. The first-order valence-corrected chi connectivity index (χ1v) is 6.39. The zero-order chi connectivity index (χ0) is 10.4. The summed E-state index contributed by atoms with van der Waals surface area (Å²) in [6, 6.07) is 0. The SMILES string of the molecule is CC1(n2cnnc2Cl)CCS(=O)(=O)C1. The van der Waals surface area contributed by atoms with E-state index in [1.54, 1.807) is 4.57 Å².